The van der Waals surface area contributed by atoms with Crippen LogP contribution < -0.4 is 5.32 Å². The number of carbonyl (C=O) groups excluding carboxylic acids is 1. The van der Waals surface area contributed by atoms with E-state index in [1.165, 1.54) is 12.1 Å². The van der Waals surface area contributed by atoms with Crippen LogP contribution in [0, 0.1) is 10.1 Å². The van der Waals surface area contributed by atoms with Crippen LogP contribution in [0.4, 0.5) is 5.69 Å². The first kappa shape index (κ1) is 22.1. The predicted molar refractivity (Wildman–Crippen MR) is 134 cm³/mol. The molecule has 0 spiro atoms. The second kappa shape index (κ2) is 9.64. The summed E-state index contributed by atoms with van der Waals surface area (Å²) in [6.07, 6.45) is 4.68. The molecule has 0 aliphatic heterocycles. The van der Waals surface area contributed by atoms with Crippen molar-refractivity contribution >= 4 is 22.5 Å². The van der Waals surface area contributed by atoms with E-state index in [9.17, 15) is 14.9 Å². The van der Waals surface area contributed by atoms with E-state index in [2.05, 4.69) is 16.4 Å². The van der Waals surface area contributed by atoms with Crippen molar-refractivity contribution in [3.05, 3.63) is 112 Å². The molecular formula is C27H23N5O3. The highest BCUT2D eigenvalue weighted by Crippen LogP contribution is 2.26. The van der Waals surface area contributed by atoms with Crippen LogP contribution >= 0.6 is 0 Å². The minimum absolute atomic E-state index is 0.00724. The number of aromatic amines is 1. The van der Waals surface area contributed by atoms with Gasteiger partial charge >= 0.3 is 0 Å². The molecule has 174 valence electrons. The van der Waals surface area contributed by atoms with Crippen LogP contribution in [0.5, 0.6) is 0 Å². The fraction of sp³-hybridized carbons (Fsp3) is 0.111. The van der Waals surface area contributed by atoms with E-state index in [1.807, 2.05) is 60.9 Å². The van der Waals surface area contributed by atoms with Crippen molar-refractivity contribution in [1.82, 2.24) is 20.1 Å². The molecule has 8 nitrogen and oxygen atoms in total. The molecule has 2 heterocycles. The molecular weight excluding hydrogens is 442 g/mol. The van der Waals surface area contributed by atoms with Crippen molar-refractivity contribution in [2.75, 3.05) is 6.54 Å². The van der Waals surface area contributed by atoms with Gasteiger partial charge in [0.2, 0.25) is 5.91 Å². The lowest BCUT2D eigenvalue weighted by Gasteiger charge is -2.06. The Hall–Kier alpha value is -4.72. The van der Waals surface area contributed by atoms with Gasteiger partial charge in [-0.25, -0.2) is 4.68 Å². The lowest BCUT2D eigenvalue weighted by atomic mass is 10.1. The Morgan fingerprint density at radius 2 is 1.71 bits per heavy atom. The number of carbonyl (C=O) groups is 1. The number of H-pyrrole nitrogens is 1. The molecule has 0 aliphatic carbocycles. The number of nitro benzene ring substituents is 1. The molecule has 0 bridgehead atoms. The molecule has 0 saturated heterocycles. The number of fused-ring (bicyclic) bond motifs is 1. The van der Waals surface area contributed by atoms with Crippen LogP contribution in [0.25, 0.3) is 27.8 Å². The van der Waals surface area contributed by atoms with Gasteiger partial charge in [0.25, 0.3) is 5.69 Å². The Bertz CT molecular complexity index is 1490. The van der Waals surface area contributed by atoms with Gasteiger partial charge in [-0.1, -0.05) is 36.4 Å². The van der Waals surface area contributed by atoms with Gasteiger partial charge in [0, 0.05) is 53.1 Å². The number of nitrogens with zero attached hydrogens (tertiary/aromatic N) is 3. The molecule has 1 amide bonds. The Kier molecular flexibility index (Phi) is 6.09. The molecule has 0 unspecified atom stereocenters. The normalized spacial score (nSPS) is 11.0. The molecule has 0 atom stereocenters. The number of aromatic nitrogens is 3. The molecule has 0 saturated carbocycles. The molecule has 2 aromatic heterocycles. The summed E-state index contributed by atoms with van der Waals surface area (Å²) in [5.41, 5.74) is 5.18. The van der Waals surface area contributed by atoms with Crippen molar-refractivity contribution in [2.24, 2.45) is 0 Å². The summed E-state index contributed by atoms with van der Waals surface area (Å²) in [5.74, 6) is -0.111. The Balaban J connectivity index is 1.34. The SMILES string of the molecule is O=C(Cc1cn(-c2ccccc2)nc1-c1ccc([N+](=O)[O-])cc1)NCCc1c[nH]c2ccccc12. The number of benzene rings is 3. The molecule has 0 radical (unpaired) electrons. The molecule has 5 rings (SSSR count). The fourth-order valence-corrected chi connectivity index (χ4v) is 4.15. The van der Waals surface area contributed by atoms with E-state index < -0.39 is 4.92 Å². The van der Waals surface area contributed by atoms with Crippen LogP contribution in [0.2, 0.25) is 0 Å². The predicted octanol–water partition coefficient (Wildman–Crippen LogP) is 4.83. The maximum absolute atomic E-state index is 12.8. The number of para-hydroxylation sites is 2. The molecule has 0 fully saturated rings. The first-order valence-corrected chi connectivity index (χ1v) is 11.3. The van der Waals surface area contributed by atoms with Gasteiger partial charge in [-0.15, -0.1) is 0 Å². The van der Waals surface area contributed by atoms with Crippen molar-refractivity contribution in [1.29, 1.82) is 0 Å². The third-order valence-corrected chi connectivity index (χ3v) is 5.90. The van der Waals surface area contributed by atoms with Crippen molar-refractivity contribution < 1.29 is 9.72 Å². The highest BCUT2D eigenvalue weighted by molar-refractivity contribution is 5.83. The van der Waals surface area contributed by atoms with Crippen molar-refractivity contribution in [2.45, 2.75) is 12.8 Å². The fourth-order valence-electron chi connectivity index (χ4n) is 4.15. The van der Waals surface area contributed by atoms with Crippen molar-refractivity contribution in [3.63, 3.8) is 0 Å². The Morgan fingerprint density at radius 3 is 2.49 bits per heavy atom. The van der Waals surface area contributed by atoms with Crippen LogP contribution in [-0.4, -0.2) is 32.1 Å². The average molecular weight is 466 g/mol. The molecule has 0 aliphatic rings. The van der Waals surface area contributed by atoms with E-state index in [4.69, 9.17) is 5.10 Å². The Labute approximate surface area is 201 Å². The summed E-state index contributed by atoms with van der Waals surface area (Å²) >= 11 is 0. The van der Waals surface area contributed by atoms with Crippen LogP contribution in [0.1, 0.15) is 11.1 Å². The van der Waals surface area contributed by atoms with Gasteiger partial charge < -0.3 is 10.3 Å². The summed E-state index contributed by atoms with van der Waals surface area (Å²) in [4.78, 5) is 26.7. The minimum atomic E-state index is -0.436. The van der Waals surface area contributed by atoms with E-state index in [-0.39, 0.29) is 18.0 Å². The first-order valence-electron chi connectivity index (χ1n) is 11.3. The van der Waals surface area contributed by atoms with Gasteiger partial charge in [0.05, 0.1) is 22.7 Å². The van der Waals surface area contributed by atoms with Crippen LogP contribution in [0.3, 0.4) is 0 Å². The maximum Gasteiger partial charge on any atom is 0.269 e. The summed E-state index contributed by atoms with van der Waals surface area (Å²) in [7, 11) is 0. The average Bonchev–Trinajstić information content (AvgIpc) is 3.49. The monoisotopic (exact) mass is 465 g/mol. The topological polar surface area (TPSA) is 106 Å². The first-order chi connectivity index (χ1) is 17.1. The highest BCUT2D eigenvalue weighted by Gasteiger charge is 2.17. The summed E-state index contributed by atoms with van der Waals surface area (Å²) in [6.45, 7) is 0.514. The second-order valence-electron chi connectivity index (χ2n) is 8.22. The number of amides is 1. The highest BCUT2D eigenvalue weighted by atomic mass is 16.6. The molecule has 35 heavy (non-hydrogen) atoms. The van der Waals surface area contributed by atoms with Crippen LogP contribution in [0.15, 0.2) is 91.3 Å². The largest absolute Gasteiger partial charge is 0.361 e. The van der Waals surface area contributed by atoms with Gasteiger partial charge in [-0.2, -0.15) is 5.10 Å². The summed E-state index contributed by atoms with van der Waals surface area (Å²) in [5, 5.41) is 19.9. The third-order valence-electron chi connectivity index (χ3n) is 5.90. The summed E-state index contributed by atoms with van der Waals surface area (Å²) in [6, 6.07) is 23.9. The number of non-ortho nitro benzene ring substituents is 1. The zero-order valence-electron chi connectivity index (χ0n) is 18.8. The van der Waals surface area contributed by atoms with E-state index >= 15 is 0 Å². The molecule has 8 heteroatoms. The molecule has 3 aromatic carbocycles. The standard InChI is InChI=1S/C27H23N5O3/c33-26(28-15-14-20-17-29-25-9-5-4-8-24(20)25)16-21-18-31(22-6-2-1-3-7-22)30-27(21)19-10-12-23(13-11-19)32(34)35/h1-13,17-18,29H,14-16H2,(H,28,33). The number of hydrogen-bond acceptors (Lipinski definition) is 4. The van der Waals surface area contributed by atoms with Crippen molar-refractivity contribution in [3.8, 4) is 16.9 Å². The van der Waals surface area contributed by atoms with E-state index in [0.29, 0.717) is 24.2 Å². The molecule has 2 N–H and O–H groups in total. The lowest BCUT2D eigenvalue weighted by Crippen LogP contribution is -2.27. The van der Waals surface area contributed by atoms with Gasteiger partial charge in [-0.05, 0) is 42.3 Å². The number of nitrogens with one attached hydrogen (secondary N) is 2. The van der Waals surface area contributed by atoms with Gasteiger partial charge in [0.1, 0.15) is 0 Å². The smallest absolute Gasteiger partial charge is 0.269 e. The Morgan fingerprint density at radius 1 is 0.971 bits per heavy atom. The minimum Gasteiger partial charge on any atom is -0.361 e. The number of rotatable bonds is 8. The van der Waals surface area contributed by atoms with E-state index in [1.54, 1.807) is 16.8 Å². The third kappa shape index (κ3) is 4.81. The quantitative estimate of drug-likeness (QED) is 0.253. The maximum atomic E-state index is 12.8. The zero-order valence-corrected chi connectivity index (χ0v) is 18.8. The zero-order chi connectivity index (χ0) is 24.2. The van der Waals surface area contributed by atoms with Crippen LogP contribution in [-0.2, 0) is 17.6 Å². The van der Waals surface area contributed by atoms with Gasteiger partial charge in [-0.3, -0.25) is 14.9 Å². The summed E-state index contributed by atoms with van der Waals surface area (Å²) < 4.78 is 1.73. The number of nitro groups is 1. The number of hydrogen-bond donors (Lipinski definition) is 2. The lowest BCUT2D eigenvalue weighted by molar-refractivity contribution is -0.384. The van der Waals surface area contributed by atoms with Gasteiger partial charge in [0.15, 0.2) is 0 Å². The van der Waals surface area contributed by atoms with E-state index in [0.717, 1.165) is 27.7 Å². The second-order valence-corrected chi connectivity index (χ2v) is 8.22. The molecule has 5 aromatic rings.